The number of nitrogens with one attached hydrogen (secondary N) is 1. The number of thiazole rings is 1. The van der Waals surface area contributed by atoms with Crippen molar-refractivity contribution in [3.63, 3.8) is 0 Å². The highest BCUT2D eigenvalue weighted by molar-refractivity contribution is 7.15. The highest BCUT2D eigenvalue weighted by Crippen LogP contribution is 2.32. The SMILES string of the molecule is COc1ccc(-c2nc(C)c(C(C)NC(=O)[C@@H](N)C(C)(C)C)s2)cc1.Cl. The van der Waals surface area contributed by atoms with Gasteiger partial charge >= 0.3 is 0 Å². The molecule has 144 valence electrons. The molecule has 1 unspecified atom stereocenters. The number of halogens is 1. The normalized spacial score (nSPS) is 13.5. The summed E-state index contributed by atoms with van der Waals surface area (Å²) in [7, 11) is 1.65. The first-order valence-corrected chi connectivity index (χ1v) is 9.13. The van der Waals surface area contributed by atoms with E-state index in [-0.39, 0.29) is 29.8 Å². The van der Waals surface area contributed by atoms with Gasteiger partial charge in [0.2, 0.25) is 5.91 Å². The topological polar surface area (TPSA) is 77.2 Å². The third-order valence-corrected chi connectivity index (χ3v) is 5.53. The molecule has 2 rings (SSSR count). The van der Waals surface area contributed by atoms with E-state index in [0.717, 1.165) is 26.9 Å². The lowest BCUT2D eigenvalue weighted by Gasteiger charge is -2.27. The Kier molecular flexibility index (Phi) is 7.62. The summed E-state index contributed by atoms with van der Waals surface area (Å²) >= 11 is 1.59. The number of nitrogens with two attached hydrogens (primary N) is 1. The van der Waals surface area contributed by atoms with Gasteiger partial charge in [0.15, 0.2) is 0 Å². The molecule has 0 aliphatic rings. The van der Waals surface area contributed by atoms with Gasteiger partial charge in [0.25, 0.3) is 0 Å². The van der Waals surface area contributed by atoms with E-state index in [4.69, 9.17) is 10.5 Å². The summed E-state index contributed by atoms with van der Waals surface area (Å²) < 4.78 is 5.19. The largest absolute Gasteiger partial charge is 0.497 e. The fraction of sp³-hybridized carbons (Fsp3) is 0.474. The number of amides is 1. The fourth-order valence-electron chi connectivity index (χ4n) is 2.43. The van der Waals surface area contributed by atoms with Crippen LogP contribution in [-0.4, -0.2) is 24.0 Å². The summed E-state index contributed by atoms with van der Waals surface area (Å²) in [6.07, 6.45) is 0. The molecular weight excluding hydrogens is 370 g/mol. The standard InChI is InChI=1S/C19H27N3O2S.ClH/c1-11(21-17(23)16(20)19(3,4)5)15-12(2)22-18(25-15)13-7-9-14(24-6)10-8-13;/h7-11,16H,20H2,1-6H3,(H,21,23);1H/t11?,16-;/m1./s1. The van der Waals surface area contributed by atoms with E-state index < -0.39 is 6.04 Å². The van der Waals surface area contributed by atoms with Gasteiger partial charge in [-0.3, -0.25) is 4.79 Å². The zero-order chi connectivity index (χ0) is 18.8. The van der Waals surface area contributed by atoms with Gasteiger partial charge in [-0.15, -0.1) is 23.7 Å². The summed E-state index contributed by atoms with van der Waals surface area (Å²) in [6, 6.07) is 7.12. The Morgan fingerprint density at radius 2 is 1.85 bits per heavy atom. The van der Waals surface area contributed by atoms with Gasteiger partial charge in [0.05, 0.1) is 29.8 Å². The highest BCUT2D eigenvalue weighted by atomic mass is 35.5. The van der Waals surface area contributed by atoms with Crippen LogP contribution in [0.15, 0.2) is 24.3 Å². The minimum absolute atomic E-state index is 0. The number of hydrogen-bond acceptors (Lipinski definition) is 5. The quantitative estimate of drug-likeness (QED) is 0.796. The van der Waals surface area contributed by atoms with Crippen molar-refractivity contribution >= 4 is 29.7 Å². The van der Waals surface area contributed by atoms with Crippen LogP contribution in [-0.2, 0) is 4.79 Å². The minimum Gasteiger partial charge on any atom is -0.497 e. The van der Waals surface area contributed by atoms with Crippen LogP contribution in [0.1, 0.15) is 44.3 Å². The van der Waals surface area contributed by atoms with Gasteiger partial charge < -0.3 is 15.8 Å². The maximum Gasteiger partial charge on any atom is 0.237 e. The molecule has 2 atom stereocenters. The average Bonchev–Trinajstić information content (AvgIpc) is 2.95. The van der Waals surface area contributed by atoms with Crippen molar-refractivity contribution in [1.29, 1.82) is 0 Å². The van der Waals surface area contributed by atoms with E-state index in [1.54, 1.807) is 18.4 Å². The number of aromatic nitrogens is 1. The molecule has 0 aliphatic heterocycles. The molecule has 7 heteroatoms. The number of rotatable bonds is 5. The van der Waals surface area contributed by atoms with Gasteiger partial charge in [-0.25, -0.2) is 4.98 Å². The van der Waals surface area contributed by atoms with Crippen LogP contribution in [0.2, 0.25) is 0 Å². The summed E-state index contributed by atoms with van der Waals surface area (Å²) in [5, 5.41) is 3.94. The fourth-order valence-corrected chi connectivity index (χ4v) is 3.50. The van der Waals surface area contributed by atoms with Crippen molar-refractivity contribution in [3.05, 3.63) is 34.8 Å². The van der Waals surface area contributed by atoms with Crippen molar-refractivity contribution in [2.45, 2.75) is 46.7 Å². The second-order valence-electron chi connectivity index (χ2n) is 7.27. The molecule has 1 heterocycles. The Morgan fingerprint density at radius 3 is 2.35 bits per heavy atom. The second-order valence-corrected chi connectivity index (χ2v) is 8.30. The first kappa shape index (κ1) is 22.4. The van der Waals surface area contributed by atoms with Gasteiger partial charge in [0.1, 0.15) is 10.8 Å². The summed E-state index contributed by atoms with van der Waals surface area (Å²) in [6.45, 7) is 9.81. The number of aryl methyl sites for hydroxylation is 1. The highest BCUT2D eigenvalue weighted by Gasteiger charge is 2.29. The van der Waals surface area contributed by atoms with E-state index >= 15 is 0 Å². The van der Waals surface area contributed by atoms with Gasteiger partial charge in [0, 0.05) is 5.56 Å². The molecule has 2 aromatic rings. The predicted octanol–water partition coefficient (Wildman–Crippen LogP) is 4.10. The monoisotopic (exact) mass is 397 g/mol. The number of ether oxygens (including phenoxy) is 1. The summed E-state index contributed by atoms with van der Waals surface area (Å²) in [4.78, 5) is 18.1. The molecule has 1 aromatic heterocycles. The van der Waals surface area contributed by atoms with Crippen molar-refractivity contribution < 1.29 is 9.53 Å². The number of carbonyl (C=O) groups excluding carboxylic acids is 1. The van der Waals surface area contributed by atoms with Crippen molar-refractivity contribution in [3.8, 4) is 16.3 Å². The molecule has 0 saturated carbocycles. The molecule has 0 fully saturated rings. The van der Waals surface area contributed by atoms with E-state index in [2.05, 4.69) is 10.3 Å². The molecule has 3 N–H and O–H groups in total. The summed E-state index contributed by atoms with van der Waals surface area (Å²) in [5.74, 6) is 0.674. The second kappa shape index (κ2) is 8.84. The van der Waals surface area contributed by atoms with Crippen molar-refractivity contribution in [2.75, 3.05) is 7.11 Å². The molecule has 5 nitrogen and oxygen atoms in total. The third-order valence-electron chi connectivity index (χ3n) is 4.14. The van der Waals surface area contributed by atoms with Crippen molar-refractivity contribution in [2.24, 2.45) is 11.1 Å². The van der Waals surface area contributed by atoms with Crippen LogP contribution in [0.4, 0.5) is 0 Å². The lowest BCUT2D eigenvalue weighted by Crippen LogP contribution is -2.49. The van der Waals surface area contributed by atoms with Gasteiger partial charge in [-0.1, -0.05) is 20.8 Å². The molecule has 0 spiro atoms. The first-order valence-electron chi connectivity index (χ1n) is 8.31. The van der Waals surface area contributed by atoms with E-state index in [1.165, 1.54) is 0 Å². The predicted molar refractivity (Wildman–Crippen MR) is 110 cm³/mol. The molecule has 0 saturated heterocycles. The Bertz CT molecular complexity index is 738. The zero-order valence-corrected chi connectivity index (χ0v) is 17.8. The van der Waals surface area contributed by atoms with Crippen LogP contribution >= 0.6 is 23.7 Å². The van der Waals surface area contributed by atoms with Crippen LogP contribution in [0.25, 0.3) is 10.6 Å². The molecule has 0 aliphatic carbocycles. The van der Waals surface area contributed by atoms with Crippen LogP contribution in [0.3, 0.4) is 0 Å². The molecule has 1 amide bonds. The van der Waals surface area contributed by atoms with E-state index in [1.807, 2.05) is 58.9 Å². The zero-order valence-electron chi connectivity index (χ0n) is 16.1. The van der Waals surface area contributed by atoms with E-state index in [9.17, 15) is 4.79 Å². The lowest BCUT2D eigenvalue weighted by atomic mass is 9.87. The number of carbonyl (C=O) groups is 1. The van der Waals surface area contributed by atoms with Crippen LogP contribution in [0.5, 0.6) is 5.75 Å². The Balaban J connectivity index is 0.00000338. The lowest BCUT2D eigenvalue weighted by molar-refractivity contribution is -0.125. The smallest absolute Gasteiger partial charge is 0.237 e. The molecular formula is C19H28ClN3O2S. The molecule has 26 heavy (non-hydrogen) atoms. The van der Waals surface area contributed by atoms with Gasteiger partial charge in [-0.2, -0.15) is 0 Å². The van der Waals surface area contributed by atoms with Crippen LogP contribution in [0, 0.1) is 12.3 Å². The minimum atomic E-state index is -0.552. The maximum atomic E-state index is 12.4. The molecule has 0 radical (unpaired) electrons. The average molecular weight is 398 g/mol. The Morgan fingerprint density at radius 1 is 1.27 bits per heavy atom. The first-order chi connectivity index (χ1) is 11.6. The Hall–Kier alpha value is -1.63. The van der Waals surface area contributed by atoms with Crippen LogP contribution < -0.4 is 15.8 Å². The molecule has 1 aromatic carbocycles. The van der Waals surface area contributed by atoms with Crippen molar-refractivity contribution in [1.82, 2.24) is 10.3 Å². The number of benzene rings is 1. The Labute approximate surface area is 165 Å². The number of nitrogens with zero attached hydrogens (tertiary/aromatic N) is 1. The van der Waals surface area contributed by atoms with E-state index in [0.29, 0.717) is 0 Å². The molecule has 0 bridgehead atoms. The number of methoxy groups -OCH3 is 1. The summed E-state index contributed by atoms with van der Waals surface area (Å²) in [5.41, 5.74) is 7.73. The maximum absolute atomic E-state index is 12.4. The van der Waals surface area contributed by atoms with Gasteiger partial charge in [-0.05, 0) is 43.5 Å². The third kappa shape index (κ3) is 5.19. The number of hydrogen-bond donors (Lipinski definition) is 2.